The van der Waals surface area contributed by atoms with Crippen molar-refractivity contribution in [3.63, 3.8) is 0 Å². The zero-order valence-corrected chi connectivity index (χ0v) is 18.6. The molecule has 1 heterocycles. The molecule has 2 unspecified atom stereocenters. The van der Waals surface area contributed by atoms with E-state index in [1.54, 1.807) is 6.07 Å². The molecule has 1 aromatic rings. The van der Waals surface area contributed by atoms with Crippen molar-refractivity contribution in [2.75, 3.05) is 38.7 Å². The molecule has 26 heavy (non-hydrogen) atoms. The first kappa shape index (κ1) is 23.1. The van der Waals surface area contributed by atoms with Gasteiger partial charge in [0.25, 0.3) is 0 Å². The Kier molecular flexibility index (Phi) is 9.25. The van der Waals surface area contributed by atoms with Crippen LogP contribution >= 0.6 is 24.0 Å². The summed E-state index contributed by atoms with van der Waals surface area (Å²) >= 11 is 0. The molecule has 0 bridgehead atoms. The van der Waals surface area contributed by atoms with Gasteiger partial charge in [0, 0.05) is 12.6 Å². The van der Waals surface area contributed by atoms with Gasteiger partial charge in [0.15, 0.2) is 15.8 Å². The first-order chi connectivity index (χ1) is 11.8. The maximum atomic E-state index is 13.5. The lowest BCUT2D eigenvalue weighted by atomic mass is 10.1. The normalized spacial score (nSPS) is 20.5. The van der Waals surface area contributed by atoms with Crippen LogP contribution < -0.4 is 10.6 Å². The molecule has 1 saturated heterocycles. The third kappa shape index (κ3) is 6.99. The smallest absolute Gasteiger partial charge is 0.191 e. The van der Waals surface area contributed by atoms with E-state index in [2.05, 4.69) is 15.6 Å². The molecule has 0 aliphatic carbocycles. The maximum absolute atomic E-state index is 13.5. The first-order valence-corrected chi connectivity index (χ1v) is 10.3. The third-order valence-corrected chi connectivity index (χ3v) is 5.96. The molecule has 0 saturated carbocycles. The summed E-state index contributed by atoms with van der Waals surface area (Å²) in [5.74, 6) is 0.675. The van der Waals surface area contributed by atoms with Crippen LogP contribution in [0.4, 0.5) is 4.39 Å². The van der Waals surface area contributed by atoms with Gasteiger partial charge in [-0.05, 0) is 45.1 Å². The van der Waals surface area contributed by atoms with Crippen molar-refractivity contribution in [2.45, 2.75) is 25.4 Å². The third-order valence-electron chi connectivity index (χ3n) is 4.20. The summed E-state index contributed by atoms with van der Waals surface area (Å²) in [4.78, 5) is 6.58. The molecule has 1 aromatic carbocycles. The van der Waals surface area contributed by atoms with Crippen LogP contribution in [0.2, 0.25) is 0 Å². The lowest BCUT2D eigenvalue weighted by Gasteiger charge is -2.24. The van der Waals surface area contributed by atoms with Crippen molar-refractivity contribution in [3.05, 3.63) is 35.6 Å². The Labute approximate surface area is 172 Å². The Morgan fingerprint density at radius 2 is 2.15 bits per heavy atom. The lowest BCUT2D eigenvalue weighted by molar-refractivity contribution is 0.305. The summed E-state index contributed by atoms with van der Waals surface area (Å²) in [6.45, 7) is 3.07. The van der Waals surface area contributed by atoms with Gasteiger partial charge in [-0.2, -0.15) is 0 Å². The second kappa shape index (κ2) is 10.4. The maximum Gasteiger partial charge on any atom is 0.191 e. The minimum atomic E-state index is -2.94. The van der Waals surface area contributed by atoms with Gasteiger partial charge in [0.05, 0.1) is 24.1 Å². The van der Waals surface area contributed by atoms with E-state index in [-0.39, 0.29) is 53.4 Å². The minimum absolute atomic E-state index is 0. The summed E-state index contributed by atoms with van der Waals surface area (Å²) in [6.07, 6.45) is 0.591. The average Bonchev–Trinajstić information content (AvgIpc) is 2.86. The molecule has 6 nitrogen and oxygen atoms in total. The summed E-state index contributed by atoms with van der Waals surface area (Å²) in [5, 5.41) is 6.34. The highest BCUT2D eigenvalue weighted by Crippen LogP contribution is 2.19. The fourth-order valence-corrected chi connectivity index (χ4v) is 4.55. The number of halogens is 2. The number of hydrogen-bond acceptors (Lipinski definition) is 4. The van der Waals surface area contributed by atoms with Crippen LogP contribution in [-0.4, -0.2) is 64.0 Å². The quantitative estimate of drug-likeness (QED) is 0.356. The van der Waals surface area contributed by atoms with Crippen LogP contribution in [0.25, 0.3) is 0 Å². The number of nitrogens with one attached hydrogen (secondary N) is 2. The van der Waals surface area contributed by atoms with Crippen molar-refractivity contribution in [2.24, 2.45) is 4.99 Å². The van der Waals surface area contributed by atoms with Crippen molar-refractivity contribution >= 4 is 39.8 Å². The van der Waals surface area contributed by atoms with Gasteiger partial charge in [-0.1, -0.05) is 12.1 Å². The number of sulfone groups is 1. The Hall–Kier alpha value is -0.940. The number of rotatable bonds is 6. The molecule has 9 heteroatoms. The topological polar surface area (TPSA) is 73.8 Å². The summed E-state index contributed by atoms with van der Waals surface area (Å²) in [6, 6.07) is 6.33. The van der Waals surface area contributed by atoms with E-state index in [0.717, 1.165) is 5.56 Å². The number of aliphatic imine (C=N–C) groups is 1. The Bertz CT molecular complexity index is 712. The summed E-state index contributed by atoms with van der Waals surface area (Å²) in [5.41, 5.74) is 0.855. The van der Waals surface area contributed by atoms with Gasteiger partial charge in [-0.3, -0.25) is 4.99 Å². The molecular formula is C17H28FIN4O2S. The van der Waals surface area contributed by atoms with Gasteiger partial charge in [-0.15, -0.1) is 24.0 Å². The van der Waals surface area contributed by atoms with Crippen LogP contribution in [0.1, 0.15) is 24.9 Å². The first-order valence-electron chi connectivity index (χ1n) is 8.48. The van der Waals surface area contributed by atoms with Crippen molar-refractivity contribution in [1.29, 1.82) is 0 Å². The summed E-state index contributed by atoms with van der Waals surface area (Å²) in [7, 11) is 0.907. The van der Waals surface area contributed by atoms with Gasteiger partial charge < -0.3 is 15.5 Å². The summed E-state index contributed by atoms with van der Waals surface area (Å²) < 4.78 is 36.7. The van der Waals surface area contributed by atoms with Crippen LogP contribution in [-0.2, 0) is 9.84 Å². The zero-order valence-electron chi connectivity index (χ0n) is 15.4. The molecule has 1 aliphatic heterocycles. The van der Waals surface area contributed by atoms with Gasteiger partial charge >= 0.3 is 0 Å². The second-order valence-corrected chi connectivity index (χ2v) is 8.73. The van der Waals surface area contributed by atoms with E-state index in [1.165, 1.54) is 12.1 Å². The van der Waals surface area contributed by atoms with Crippen LogP contribution in [0, 0.1) is 5.82 Å². The molecule has 1 aliphatic rings. The lowest BCUT2D eigenvalue weighted by Crippen LogP contribution is -2.44. The molecule has 0 aromatic heterocycles. The van der Waals surface area contributed by atoms with E-state index in [4.69, 9.17) is 0 Å². The molecule has 148 valence electrons. The minimum Gasteiger partial charge on any atom is -0.357 e. The van der Waals surface area contributed by atoms with E-state index in [1.807, 2.05) is 32.0 Å². The van der Waals surface area contributed by atoms with Crippen LogP contribution in [0.15, 0.2) is 29.3 Å². The van der Waals surface area contributed by atoms with Gasteiger partial charge in [0.1, 0.15) is 5.82 Å². The number of benzene rings is 1. The van der Waals surface area contributed by atoms with E-state index >= 15 is 0 Å². The van der Waals surface area contributed by atoms with Crippen LogP contribution in [0.5, 0.6) is 0 Å². The highest BCUT2D eigenvalue weighted by molar-refractivity contribution is 14.0. The molecule has 0 radical (unpaired) electrons. The van der Waals surface area contributed by atoms with E-state index < -0.39 is 9.84 Å². The van der Waals surface area contributed by atoms with Crippen molar-refractivity contribution in [3.8, 4) is 0 Å². The fraction of sp³-hybridized carbons (Fsp3) is 0.588. The van der Waals surface area contributed by atoms with Crippen LogP contribution in [0.3, 0.4) is 0 Å². The number of nitrogens with zero attached hydrogens (tertiary/aromatic N) is 2. The monoisotopic (exact) mass is 498 g/mol. The van der Waals surface area contributed by atoms with Crippen molar-refractivity contribution in [1.82, 2.24) is 15.5 Å². The molecule has 1 fully saturated rings. The highest BCUT2D eigenvalue weighted by atomic mass is 127. The Balaban J connectivity index is 0.00000338. The predicted molar refractivity (Wildman–Crippen MR) is 114 cm³/mol. The molecule has 2 rings (SSSR count). The molecular weight excluding hydrogens is 470 g/mol. The number of hydrogen-bond donors (Lipinski definition) is 2. The molecule has 0 amide bonds. The van der Waals surface area contributed by atoms with E-state index in [9.17, 15) is 12.8 Å². The van der Waals surface area contributed by atoms with E-state index in [0.29, 0.717) is 25.5 Å². The average molecular weight is 498 g/mol. The highest BCUT2D eigenvalue weighted by Gasteiger charge is 2.28. The Morgan fingerprint density at radius 1 is 1.42 bits per heavy atom. The standard InChI is InChI=1S/C17H27FN4O2S.HI/c1-4-19-17(21-15-8-9-25(23,24)12-15)20-11-16(22(2)3)13-6-5-7-14(18)10-13;/h5-7,10,15-16H,4,8-9,11-12H2,1-3H3,(H2,19,20,21);1H. The molecule has 0 spiro atoms. The van der Waals surface area contributed by atoms with Gasteiger partial charge in [-0.25, -0.2) is 12.8 Å². The zero-order chi connectivity index (χ0) is 18.4. The predicted octanol–water partition coefficient (Wildman–Crippen LogP) is 1.79. The van der Waals surface area contributed by atoms with Gasteiger partial charge in [0.2, 0.25) is 0 Å². The molecule has 2 N–H and O–H groups in total. The number of likely N-dealkylation sites (N-methyl/N-ethyl adjacent to an activating group) is 1. The SMILES string of the molecule is CCNC(=NCC(c1cccc(F)c1)N(C)C)NC1CCS(=O)(=O)C1.I. The molecule has 2 atom stereocenters. The fourth-order valence-electron chi connectivity index (χ4n) is 2.88. The largest absolute Gasteiger partial charge is 0.357 e. The number of guanidine groups is 1. The Morgan fingerprint density at radius 3 is 2.69 bits per heavy atom. The second-order valence-electron chi connectivity index (χ2n) is 6.50. The van der Waals surface area contributed by atoms with Crippen molar-refractivity contribution < 1.29 is 12.8 Å².